The third-order valence-electron chi connectivity index (χ3n) is 4.45. The van der Waals surface area contributed by atoms with Gasteiger partial charge in [0, 0.05) is 10.6 Å². The van der Waals surface area contributed by atoms with Gasteiger partial charge in [-0.3, -0.25) is 9.69 Å². The maximum Gasteiger partial charge on any atom is 0.283 e. The van der Waals surface area contributed by atoms with Crippen molar-refractivity contribution in [2.24, 2.45) is 4.99 Å². The summed E-state index contributed by atoms with van der Waals surface area (Å²) in [4.78, 5) is 20.2. The van der Waals surface area contributed by atoms with Gasteiger partial charge in [0.1, 0.15) is 11.4 Å². The number of amides is 1. The van der Waals surface area contributed by atoms with Crippen molar-refractivity contribution in [2.75, 3.05) is 24.4 Å². The highest BCUT2D eigenvalue weighted by Crippen LogP contribution is 2.34. The van der Waals surface area contributed by atoms with Crippen molar-refractivity contribution in [3.63, 3.8) is 0 Å². The smallest absolute Gasteiger partial charge is 0.283 e. The number of rotatable bonds is 7. The van der Waals surface area contributed by atoms with E-state index in [4.69, 9.17) is 21.1 Å². The molecule has 0 bridgehead atoms. The average molecular weight is 489 g/mol. The molecule has 0 radical (unpaired) electrons. The van der Waals surface area contributed by atoms with Crippen molar-refractivity contribution in [3.8, 4) is 11.5 Å². The first-order valence-electron chi connectivity index (χ1n) is 9.59. The largest absolute Gasteiger partial charge is 0.495 e. The van der Waals surface area contributed by atoms with Gasteiger partial charge in [-0.15, -0.1) is 11.3 Å². The monoisotopic (exact) mass is 488 g/mol. The van der Waals surface area contributed by atoms with E-state index in [9.17, 15) is 9.18 Å². The fraction of sp³-hybridized carbons (Fsp3) is 0.130. The molecule has 1 aliphatic heterocycles. The topological polar surface area (TPSA) is 51.1 Å². The molecule has 1 aromatic heterocycles. The van der Waals surface area contributed by atoms with Gasteiger partial charge in [0.25, 0.3) is 5.91 Å². The quantitative estimate of drug-likeness (QED) is 0.297. The number of methoxy groups -OCH3 is 1. The van der Waals surface area contributed by atoms with Crippen LogP contribution in [0.2, 0.25) is 5.02 Å². The number of hydrogen-bond acceptors (Lipinski definition) is 6. The summed E-state index contributed by atoms with van der Waals surface area (Å²) in [6, 6.07) is 15.2. The van der Waals surface area contributed by atoms with Crippen LogP contribution in [0.1, 0.15) is 4.88 Å². The second-order valence-electron chi connectivity index (χ2n) is 6.53. The van der Waals surface area contributed by atoms with Gasteiger partial charge in [-0.2, -0.15) is 0 Å². The fourth-order valence-corrected chi connectivity index (χ4v) is 4.70. The molecule has 2 aromatic carbocycles. The second kappa shape index (κ2) is 10.2. The van der Waals surface area contributed by atoms with E-state index < -0.39 is 5.82 Å². The fourth-order valence-electron chi connectivity index (χ4n) is 2.97. The zero-order chi connectivity index (χ0) is 22.5. The van der Waals surface area contributed by atoms with Crippen molar-refractivity contribution >= 4 is 57.5 Å². The number of ether oxygens (including phenoxy) is 2. The zero-order valence-electron chi connectivity index (χ0n) is 17.0. The number of amidine groups is 1. The Bertz CT molecular complexity index is 1180. The van der Waals surface area contributed by atoms with Crippen molar-refractivity contribution < 1.29 is 18.7 Å². The molecule has 3 aromatic rings. The van der Waals surface area contributed by atoms with E-state index >= 15 is 0 Å². The summed E-state index contributed by atoms with van der Waals surface area (Å²) in [5.74, 6) is 0.502. The first kappa shape index (κ1) is 22.4. The number of thiophene rings is 1. The first-order chi connectivity index (χ1) is 15.6. The molecular weight excluding hydrogens is 471 g/mol. The molecule has 0 spiro atoms. The van der Waals surface area contributed by atoms with Gasteiger partial charge in [0.2, 0.25) is 0 Å². The highest BCUT2D eigenvalue weighted by Gasteiger charge is 2.32. The highest BCUT2D eigenvalue weighted by atomic mass is 35.5. The van der Waals surface area contributed by atoms with E-state index in [1.54, 1.807) is 42.5 Å². The number of nitrogens with zero attached hydrogens (tertiary/aromatic N) is 2. The summed E-state index contributed by atoms with van der Waals surface area (Å²) < 4.78 is 24.5. The normalized spacial score (nSPS) is 14.7. The minimum Gasteiger partial charge on any atom is -0.495 e. The van der Waals surface area contributed by atoms with Crippen LogP contribution in [-0.2, 0) is 4.79 Å². The number of aliphatic imine (C=N–C) groups is 1. The van der Waals surface area contributed by atoms with Crippen LogP contribution >= 0.6 is 34.7 Å². The first-order valence-corrected chi connectivity index (χ1v) is 11.8. The summed E-state index contributed by atoms with van der Waals surface area (Å²) in [7, 11) is 1.53. The summed E-state index contributed by atoms with van der Waals surface area (Å²) in [6.07, 6.45) is 1.76. The van der Waals surface area contributed by atoms with Crippen LogP contribution in [0.25, 0.3) is 6.08 Å². The third kappa shape index (κ3) is 4.98. The second-order valence-corrected chi connectivity index (χ2v) is 8.97. The maximum atomic E-state index is 13.7. The predicted octanol–water partition coefficient (Wildman–Crippen LogP) is 6.11. The minimum atomic E-state index is -0.415. The lowest BCUT2D eigenvalue weighted by molar-refractivity contribution is -0.113. The number of hydrogen-bond donors (Lipinski definition) is 0. The summed E-state index contributed by atoms with van der Waals surface area (Å²) >= 11 is 9.15. The van der Waals surface area contributed by atoms with Gasteiger partial charge in [0.15, 0.2) is 16.7 Å². The number of carbonyl (C=O) groups is 1. The number of halogens is 2. The van der Waals surface area contributed by atoms with Crippen molar-refractivity contribution in [1.29, 1.82) is 0 Å². The number of anilines is 1. The van der Waals surface area contributed by atoms with Crippen molar-refractivity contribution in [3.05, 3.63) is 81.4 Å². The van der Waals surface area contributed by atoms with Gasteiger partial charge in [-0.1, -0.05) is 41.6 Å². The van der Waals surface area contributed by atoms with Crippen molar-refractivity contribution in [2.45, 2.75) is 0 Å². The minimum absolute atomic E-state index is 0.189. The number of carbonyl (C=O) groups excluding carboxylic acids is 1. The van der Waals surface area contributed by atoms with E-state index in [0.29, 0.717) is 33.1 Å². The Morgan fingerprint density at radius 2 is 2.03 bits per heavy atom. The molecule has 0 aliphatic carbocycles. The lowest BCUT2D eigenvalue weighted by Crippen LogP contribution is -2.30. The Morgan fingerprint density at radius 3 is 2.75 bits per heavy atom. The lowest BCUT2D eigenvalue weighted by atomic mass is 10.2. The van der Waals surface area contributed by atoms with Crippen LogP contribution in [0.4, 0.5) is 10.1 Å². The number of benzene rings is 2. The summed E-state index contributed by atoms with van der Waals surface area (Å²) in [6.45, 7) is 0.250. The zero-order valence-corrected chi connectivity index (χ0v) is 19.3. The van der Waals surface area contributed by atoms with Gasteiger partial charge in [0.05, 0.1) is 24.4 Å². The third-order valence-corrected chi connectivity index (χ3v) is 6.47. The molecule has 9 heteroatoms. The molecule has 1 amide bonds. The van der Waals surface area contributed by atoms with E-state index in [0.717, 1.165) is 4.88 Å². The molecule has 0 N–H and O–H groups in total. The SMILES string of the molecule is COc1ccc(N2C(=O)C(=Cc3cccs3)N=C2SCCOc2ccccc2F)cc1Cl. The molecule has 0 saturated carbocycles. The molecule has 4 rings (SSSR count). The number of para-hydroxylation sites is 1. The Balaban J connectivity index is 1.54. The molecule has 0 unspecified atom stereocenters. The predicted molar refractivity (Wildman–Crippen MR) is 130 cm³/mol. The van der Waals surface area contributed by atoms with E-state index in [1.165, 1.54) is 41.2 Å². The van der Waals surface area contributed by atoms with Gasteiger partial charge < -0.3 is 9.47 Å². The van der Waals surface area contributed by atoms with E-state index in [1.807, 2.05) is 17.5 Å². The van der Waals surface area contributed by atoms with Gasteiger partial charge in [-0.05, 0) is 47.9 Å². The maximum absolute atomic E-state index is 13.7. The Morgan fingerprint density at radius 1 is 1.19 bits per heavy atom. The van der Waals surface area contributed by atoms with Crippen LogP contribution in [0.5, 0.6) is 11.5 Å². The standard InChI is InChI=1S/C23H18ClFN2O3S2/c1-29-20-9-8-15(13-17(20)24)27-22(28)19(14-16-5-4-11-31-16)26-23(27)32-12-10-30-21-7-3-2-6-18(21)25/h2-9,11,13-14H,10,12H2,1H3. The van der Waals surface area contributed by atoms with Crippen LogP contribution in [-0.4, -0.2) is 30.5 Å². The van der Waals surface area contributed by atoms with Gasteiger partial charge >= 0.3 is 0 Å². The van der Waals surface area contributed by atoms with E-state index in [-0.39, 0.29) is 18.3 Å². The summed E-state index contributed by atoms with van der Waals surface area (Å²) in [5.41, 5.74) is 0.911. The van der Waals surface area contributed by atoms with E-state index in [2.05, 4.69) is 4.99 Å². The molecule has 164 valence electrons. The molecular formula is C23H18ClFN2O3S2. The Hall–Kier alpha value is -2.81. The molecule has 0 saturated heterocycles. The molecule has 32 heavy (non-hydrogen) atoms. The molecule has 0 atom stereocenters. The van der Waals surface area contributed by atoms with Crippen LogP contribution in [0, 0.1) is 5.82 Å². The van der Waals surface area contributed by atoms with Crippen LogP contribution < -0.4 is 14.4 Å². The molecule has 2 heterocycles. The Labute approximate surface area is 198 Å². The van der Waals surface area contributed by atoms with Crippen LogP contribution in [0.15, 0.2) is 70.7 Å². The summed E-state index contributed by atoms with van der Waals surface area (Å²) in [5, 5.41) is 2.82. The van der Waals surface area contributed by atoms with Crippen LogP contribution in [0.3, 0.4) is 0 Å². The molecule has 1 aliphatic rings. The Kier molecular flexibility index (Phi) is 7.14. The average Bonchev–Trinajstić information content (AvgIpc) is 3.40. The number of thioether (sulfide) groups is 1. The lowest BCUT2D eigenvalue weighted by Gasteiger charge is -2.19. The molecule has 0 fully saturated rings. The van der Waals surface area contributed by atoms with Crippen molar-refractivity contribution in [1.82, 2.24) is 0 Å². The van der Waals surface area contributed by atoms with Gasteiger partial charge in [-0.25, -0.2) is 9.38 Å². The highest BCUT2D eigenvalue weighted by molar-refractivity contribution is 8.14. The molecule has 5 nitrogen and oxygen atoms in total.